The fourth-order valence-corrected chi connectivity index (χ4v) is 8.65. The van der Waals surface area contributed by atoms with Gasteiger partial charge in [0, 0.05) is 38.5 Å². The van der Waals surface area contributed by atoms with E-state index in [-0.39, 0.29) is 0 Å². The smallest absolute Gasteiger partial charge is 0.135 e. The van der Waals surface area contributed by atoms with Crippen molar-refractivity contribution in [1.82, 2.24) is 4.57 Å². The van der Waals surface area contributed by atoms with Gasteiger partial charge in [-0.25, -0.2) is 0 Å². The Kier molecular flexibility index (Phi) is 7.82. The van der Waals surface area contributed by atoms with Crippen molar-refractivity contribution in [2.75, 3.05) is 4.90 Å². The normalized spacial score (nSPS) is 11.5. The fraction of sp³-hybridized carbons (Fsp3) is 0. The maximum atomic E-state index is 6.26. The molecule has 0 atom stereocenters. The van der Waals surface area contributed by atoms with Crippen molar-refractivity contribution >= 4 is 60.8 Å². The van der Waals surface area contributed by atoms with Crippen molar-refractivity contribution in [3.05, 3.63) is 218 Å². The minimum Gasteiger partial charge on any atom is -0.456 e. The number of rotatable bonds is 7. The number of hydrogen-bond donors (Lipinski definition) is 0. The molecule has 2 aromatic heterocycles. The Hall–Kier alpha value is -7.62. The molecule has 9 aromatic carbocycles. The molecule has 0 unspecified atom stereocenters. The minimum atomic E-state index is 0.888. The van der Waals surface area contributed by atoms with Crippen molar-refractivity contribution < 1.29 is 4.42 Å². The number of anilines is 3. The summed E-state index contributed by atoms with van der Waals surface area (Å²) in [5, 5.41) is 4.63. The molecule has 11 aromatic rings. The third-order valence-corrected chi connectivity index (χ3v) is 11.2. The van der Waals surface area contributed by atoms with Gasteiger partial charge in [0.15, 0.2) is 0 Å². The molecule has 0 aliphatic heterocycles. The zero-order valence-corrected chi connectivity index (χ0v) is 31.1. The molecular formula is C54H36N2O. The van der Waals surface area contributed by atoms with Crippen molar-refractivity contribution in [3.63, 3.8) is 0 Å². The molecule has 0 N–H and O–H groups in total. The average Bonchev–Trinajstić information content (AvgIpc) is 3.83. The maximum absolute atomic E-state index is 6.26. The lowest BCUT2D eigenvalue weighted by molar-refractivity contribution is 0.669. The van der Waals surface area contributed by atoms with E-state index < -0.39 is 0 Å². The molecular weight excluding hydrogens is 693 g/mol. The predicted molar refractivity (Wildman–Crippen MR) is 239 cm³/mol. The molecule has 3 heteroatoms. The first kappa shape index (κ1) is 32.8. The monoisotopic (exact) mass is 728 g/mol. The molecule has 2 heterocycles. The average molecular weight is 729 g/mol. The Morgan fingerprint density at radius 3 is 1.70 bits per heavy atom. The quantitative estimate of drug-likeness (QED) is 0.163. The highest BCUT2D eigenvalue weighted by atomic mass is 16.3. The van der Waals surface area contributed by atoms with Crippen LogP contribution in [0.25, 0.3) is 82.8 Å². The Balaban J connectivity index is 1.15. The van der Waals surface area contributed by atoms with Gasteiger partial charge in [-0.2, -0.15) is 0 Å². The molecule has 57 heavy (non-hydrogen) atoms. The van der Waals surface area contributed by atoms with Gasteiger partial charge in [0.25, 0.3) is 0 Å². The van der Waals surface area contributed by atoms with Crippen LogP contribution in [0.3, 0.4) is 0 Å². The Morgan fingerprint density at radius 2 is 0.912 bits per heavy atom. The third kappa shape index (κ3) is 5.51. The van der Waals surface area contributed by atoms with Crippen LogP contribution in [0.4, 0.5) is 17.1 Å². The van der Waals surface area contributed by atoms with Crippen LogP contribution in [0.15, 0.2) is 223 Å². The number of fused-ring (bicyclic) bond motifs is 6. The Morgan fingerprint density at radius 1 is 0.351 bits per heavy atom. The summed E-state index contributed by atoms with van der Waals surface area (Å²) in [6.07, 6.45) is 0. The summed E-state index contributed by atoms with van der Waals surface area (Å²) >= 11 is 0. The highest BCUT2D eigenvalue weighted by molar-refractivity contribution is 6.17. The number of nitrogens with zero attached hydrogens (tertiary/aromatic N) is 2. The molecule has 3 nitrogen and oxygen atoms in total. The van der Waals surface area contributed by atoms with Crippen LogP contribution in [-0.2, 0) is 0 Å². The van der Waals surface area contributed by atoms with Gasteiger partial charge in [-0.05, 0) is 94.5 Å². The molecule has 11 rings (SSSR count). The van der Waals surface area contributed by atoms with Gasteiger partial charge >= 0.3 is 0 Å². The van der Waals surface area contributed by atoms with Crippen LogP contribution < -0.4 is 4.90 Å². The predicted octanol–water partition coefficient (Wildman–Crippen LogP) is 15.2. The van der Waals surface area contributed by atoms with Crippen LogP contribution in [-0.4, -0.2) is 4.57 Å². The van der Waals surface area contributed by atoms with E-state index in [1.807, 2.05) is 12.1 Å². The zero-order chi connectivity index (χ0) is 37.7. The number of hydrogen-bond acceptors (Lipinski definition) is 2. The van der Waals surface area contributed by atoms with Crippen molar-refractivity contribution in [1.29, 1.82) is 0 Å². The number of para-hydroxylation sites is 4. The molecule has 0 saturated carbocycles. The maximum Gasteiger partial charge on any atom is 0.135 e. The zero-order valence-electron chi connectivity index (χ0n) is 31.1. The highest BCUT2D eigenvalue weighted by Crippen LogP contribution is 2.47. The van der Waals surface area contributed by atoms with E-state index in [4.69, 9.17) is 4.42 Å². The lowest BCUT2D eigenvalue weighted by atomic mass is 9.94. The third-order valence-electron chi connectivity index (χ3n) is 11.2. The summed E-state index contributed by atoms with van der Waals surface area (Å²) in [4.78, 5) is 2.45. The lowest BCUT2D eigenvalue weighted by Crippen LogP contribution is -2.11. The number of benzene rings is 9. The fourth-order valence-electron chi connectivity index (χ4n) is 8.65. The first-order valence-electron chi connectivity index (χ1n) is 19.4. The van der Waals surface area contributed by atoms with Gasteiger partial charge < -0.3 is 13.9 Å². The largest absolute Gasteiger partial charge is 0.456 e. The molecule has 0 aliphatic carbocycles. The molecule has 0 radical (unpaired) electrons. The van der Waals surface area contributed by atoms with Gasteiger partial charge in [0.2, 0.25) is 0 Å². The van der Waals surface area contributed by atoms with E-state index in [0.29, 0.717) is 0 Å². The molecule has 0 saturated heterocycles. The second kappa shape index (κ2) is 13.6. The van der Waals surface area contributed by atoms with E-state index >= 15 is 0 Å². The van der Waals surface area contributed by atoms with Crippen LogP contribution in [0.2, 0.25) is 0 Å². The van der Waals surface area contributed by atoms with Gasteiger partial charge in [-0.1, -0.05) is 152 Å². The second-order valence-corrected chi connectivity index (χ2v) is 14.5. The van der Waals surface area contributed by atoms with Gasteiger partial charge in [-0.3, -0.25) is 0 Å². The minimum absolute atomic E-state index is 0.888. The SMILES string of the molecule is c1ccc(-c2ccccc2-c2ccc(N(c3ccccc3-c3ccc4oc5ccccc5c4c3)c3cccc4c3c3ccccc3n4-c3ccccc3)cc2)cc1. The molecule has 0 amide bonds. The number of furan rings is 1. The van der Waals surface area contributed by atoms with Gasteiger partial charge in [-0.15, -0.1) is 0 Å². The molecule has 0 fully saturated rings. The van der Waals surface area contributed by atoms with Crippen molar-refractivity contribution in [3.8, 4) is 39.1 Å². The second-order valence-electron chi connectivity index (χ2n) is 14.5. The van der Waals surface area contributed by atoms with Crippen molar-refractivity contribution in [2.24, 2.45) is 0 Å². The first-order chi connectivity index (χ1) is 28.3. The standard InChI is InChI=1S/C54H36N2O/c1-3-16-37(17-4-1)42-20-7-8-21-43(42)38-30-33-41(34-31-38)56(48-25-12-9-22-44(48)39-32-35-53-47(36-39)45-23-11-14-29-52(45)57-53)51-28-15-27-50-54(51)46-24-10-13-26-49(46)55(50)40-18-5-2-6-19-40/h1-36H. The van der Waals surface area contributed by atoms with E-state index in [2.05, 4.69) is 216 Å². The summed E-state index contributed by atoms with van der Waals surface area (Å²) in [6.45, 7) is 0. The topological polar surface area (TPSA) is 21.3 Å². The van der Waals surface area contributed by atoms with Crippen LogP contribution in [0.1, 0.15) is 0 Å². The van der Waals surface area contributed by atoms with E-state index in [1.165, 1.54) is 38.5 Å². The molecule has 268 valence electrons. The highest BCUT2D eigenvalue weighted by Gasteiger charge is 2.23. The molecule has 0 aliphatic rings. The number of aromatic nitrogens is 1. The summed E-state index contributed by atoms with van der Waals surface area (Å²) in [5.41, 5.74) is 15.6. The van der Waals surface area contributed by atoms with Crippen molar-refractivity contribution in [2.45, 2.75) is 0 Å². The Labute approximate surface area is 330 Å². The molecule has 0 spiro atoms. The Bertz CT molecular complexity index is 3230. The first-order valence-corrected chi connectivity index (χ1v) is 19.4. The lowest BCUT2D eigenvalue weighted by Gasteiger charge is -2.29. The van der Waals surface area contributed by atoms with Gasteiger partial charge in [0.1, 0.15) is 11.2 Å². The summed E-state index contributed by atoms with van der Waals surface area (Å²) in [6, 6.07) is 78.2. The van der Waals surface area contributed by atoms with Crippen LogP contribution in [0.5, 0.6) is 0 Å². The van der Waals surface area contributed by atoms with E-state index in [1.54, 1.807) is 0 Å². The summed E-state index contributed by atoms with van der Waals surface area (Å²) < 4.78 is 8.65. The molecule has 0 bridgehead atoms. The van der Waals surface area contributed by atoms with Crippen LogP contribution in [0, 0.1) is 0 Å². The summed E-state index contributed by atoms with van der Waals surface area (Å²) in [5.74, 6) is 0. The van der Waals surface area contributed by atoms with Crippen LogP contribution >= 0.6 is 0 Å². The van der Waals surface area contributed by atoms with Gasteiger partial charge in [0.05, 0.1) is 22.4 Å². The summed E-state index contributed by atoms with van der Waals surface area (Å²) in [7, 11) is 0. The van der Waals surface area contributed by atoms with E-state index in [0.717, 1.165) is 61.3 Å². The van der Waals surface area contributed by atoms with E-state index in [9.17, 15) is 0 Å².